The summed E-state index contributed by atoms with van der Waals surface area (Å²) in [7, 11) is 0. The lowest BCUT2D eigenvalue weighted by Gasteiger charge is -2.13. The molecule has 5 nitrogen and oxygen atoms in total. The highest BCUT2D eigenvalue weighted by Crippen LogP contribution is 2.23. The van der Waals surface area contributed by atoms with Crippen LogP contribution in [0.25, 0.3) is 10.9 Å². The number of para-hydroxylation sites is 1. The number of nitrogens with zero attached hydrogens (tertiary/aromatic N) is 1. The molecule has 0 aliphatic carbocycles. The maximum absolute atomic E-state index is 12.7. The summed E-state index contributed by atoms with van der Waals surface area (Å²) in [5.74, 6) is -0.728. The standard InChI is InChI=1S/C19H17N3O2/c1-11-15-5-3-4-6-16(15)21-12(2)17(11)19(24)22-14-9-7-13(8-10-14)18(20)23/h3-10H,1-2H3,(H2,20,23)(H,22,24). The Morgan fingerprint density at radius 3 is 2.33 bits per heavy atom. The smallest absolute Gasteiger partial charge is 0.257 e. The van der Waals surface area contributed by atoms with E-state index in [1.807, 2.05) is 38.1 Å². The Balaban J connectivity index is 1.95. The number of amides is 2. The van der Waals surface area contributed by atoms with Gasteiger partial charge < -0.3 is 11.1 Å². The first kappa shape index (κ1) is 15.7. The summed E-state index contributed by atoms with van der Waals surface area (Å²) >= 11 is 0. The van der Waals surface area contributed by atoms with Crippen LogP contribution in [0.1, 0.15) is 32.0 Å². The van der Waals surface area contributed by atoms with E-state index in [4.69, 9.17) is 5.73 Å². The fourth-order valence-electron chi connectivity index (χ4n) is 2.78. The van der Waals surface area contributed by atoms with Gasteiger partial charge in [0.1, 0.15) is 0 Å². The largest absolute Gasteiger partial charge is 0.366 e. The second-order valence-corrected chi connectivity index (χ2v) is 5.61. The van der Waals surface area contributed by atoms with Crippen molar-refractivity contribution in [1.82, 2.24) is 4.98 Å². The second-order valence-electron chi connectivity index (χ2n) is 5.61. The van der Waals surface area contributed by atoms with Gasteiger partial charge in [0.05, 0.1) is 16.8 Å². The highest BCUT2D eigenvalue weighted by Gasteiger charge is 2.16. The number of hydrogen-bond donors (Lipinski definition) is 2. The number of aryl methyl sites for hydroxylation is 2. The molecule has 24 heavy (non-hydrogen) atoms. The quantitative estimate of drug-likeness (QED) is 0.777. The fourth-order valence-corrected chi connectivity index (χ4v) is 2.78. The number of benzene rings is 2. The second kappa shape index (κ2) is 6.12. The lowest BCUT2D eigenvalue weighted by Crippen LogP contribution is -2.16. The summed E-state index contributed by atoms with van der Waals surface area (Å²) in [5.41, 5.74) is 9.21. The van der Waals surface area contributed by atoms with Gasteiger partial charge in [0, 0.05) is 16.6 Å². The van der Waals surface area contributed by atoms with Gasteiger partial charge in [-0.3, -0.25) is 14.6 Å². The molecule has 0 saturated heterocycles. The number of fused-ring (bicyclic) bond motifs is 1. The number of rotatable bonds is 3. The van der Waals surface area contributed by atoms with Crippen LogP contribution in [0, 0.1) is 13.8 Å². The molecule has 0 unspecified atom stereocenters. The van der Waals surface area contributed by atoms with E-state index in [0.717, 1.165) is 16.5 Å². The molecule has 0 fully saturated rings. The van der Waals surface area contributed by atoms with E-state index in [-0.39, 0.29) is 5.91 Å². The van der Waals surface area contributed by atoms with Crippen molar-refractivity contribution in [2.24, 2.45) is 5.73 Å². The molecule has 2 amide bonds. The zero-order valence-corrected chi connectivity index (χ0v) is 13.5. The lowest BCUT2D eigenvalue weighted by atomic mass is 10.0. The van der Waals surface area contributed by atoms with Crippen molar-refractivity contribution in [1.29, 1.82) is 0 Å². The Kier molecular flexibility index (Phi) is 4.00. The van der Waals surface area contributed by atoms with E-state index in [2.05, 4.69) is 10.3 Å². The van der Waals surface area contributed by atoms with Crippen LogP contribution in [0.2, 0.25) is 0 Å². The molecule has 1 aromatic heterocycles. The molecule has 5 heteroatoms. The zero-order valence-electron chi connectivity index (χ0n) is 13.5. The van der Waals surface area contributed by atoms with E-state index < -0.39 is 5.91 Å². The number of nitrogens with one attached hydrogen (secondary N) is 1. The average Bonchev–Trinajstić information content (AvgIpc) is 2.55. The number of carbonyl (C=O) groups excluding carboxylic acids is 2. The highest BCUT2D eigenvalue weighted by molar-refractivity contribution is 6.08. The van der Waals surface area contributed by atoms with Crippen LogP contribution in [0.3, 0.4) is 0 Å². The summed E-state index contributed by atoms with van der Waals surface area (Å²) in [6.07, 6.45) is 0. The van der Waals surface area contributed by atoms with Crippen molar-refractivity contribution in [3.8, 4) is 0 Å². The number of anilines is 1. The molecule has 3 N–H and O–H groups in total. The van der Waals surface area contributed by atoms with Crippen LogP contribution in [0.15, 0.2) is 48.5 Å². The minimum atomic E-state index is -0.502. The first-order valence-corrected chi connectivity index (χ1v) is 7.54. The number of carbonyl (C=O) groups is 2. The van der Waals surface area contributed by atoms with Crippen molar-refractivity contribution in [3.63, 3.8) is 0 Å². The van der Waals surface area contributed by atoms with Crippen LogP contribution >= 0.6 is 0 Å². The van der Waals surface area contributed by atoms with E-state index in [1.165, 1.54) is 0 Å². The van der Waals surface area contributed by atoms with Crippen LogP contribution < -0.4 is 11.1 Å². The van der Waals surface area contributed by atoms with Gasteiger partial charge in [-0.2, -0.15) is 0 Å². The van der Waals surface area contributed by atoms with Crippen LogP contribution in [0.5, 0.6) is 0 Å². The van der Waals surface area contributed by atoms with Gasteiger partial charge >= 0.3 is 0 Å². The van der Waals surface area contributed by atoms with Gasteiger partial charge in [-0.25, -0.2) is 0 Å². The summed E-state index contributed by atoms with van der Waals surface area (Å²) < 4.78 is 0. The predicted molar refractivity (Wildman–Crippen MR) is 94.1 cm³/mol. The third-order valence-electron chi connectivity index (χ3n) is 3.99. The molecule has 0 aliphatic rings. The monoisotopic (exact) mass is 319 g/mol. The van der Waals surface area contributed by atoms with Crippen molar-refractivity contribution >= 4 is 28.4 Å². The van der Waals surface area contributed by atoms with Gasteiger partial charge in [-0.1, -0.05) is 18.2 Å². The van der Waals surface area contributed by atoms with Crippen molar-refractivity contribution in [2.75, 3.05) is 5.32 Å². The van der Waals surface area contributed by atoms with Crippen LogP contribution in [-0.4, -0.2) is 16.8 Å². The summed E-state index contributed by atoms with van der Waals surface area (Å²) in [6, 6.07) is 14.2. The Bertz CT molecular complexity index is 947. The lowest BCUT2D eigenvalue weighted by molar-refractivity contribution is 0.0998. The number of pyridine rings is 1. The van der Waals surface area contributed by atoms with Crippen molar-refractivity contribution < 1.29 is 9.59 Å². The molecule has 0 atom stereocenters. The van der Waals surface area contributed by atoms with Crippen molar-refractivity contribution in [2.45, 2.75) is 13.8 Å². The van der Waals surface area contributed by atoms with E-state index in [0.29, 0.717) is 22.5 Å². The van der Waals surface area contributed by atoms with E-state index in [1.54, 1.807) is 24.3 Å². The molecule has 3 aromatic rings. The molecule has 120 valence electrons. The fraction of sp³-hybridized carbons (Fsp3) is 0.105. The van der Waals surface area contributed by atoms with Gasteiger partial charge in [-0.05, 0) is 49.7 Å². The van der Waals surface area contributed by atoms with Crippen LogP contribution in [-0.2, 0) is 0 Å². The molecular weight excluding hydrogens is 302 g/mol. The molecule has 3 rings (SSSR count). The summed E-state index contributed by atoms with van der Waals surface area (Å²) in [5, 5.41) is 3.80. The minimum Gasteiger partial charge on any atom is -0.366 e. The maximum atomic E-state index is 12.7. The molecule has 0 saturated carbocycles. The Hall–Kier alpha value is -3.21. The Morgan fingerprint density at radius 2 is 1.67 bits per heavy atom. The molecule has 2 aromatic carbocycles. The summed E-state index contributed by atoms with van der Waals surface area (Å²) in [6.45, 7) is 3.74. The number of aromatic nitrogens is 1. The van der Waals surface area contributed by atoms with Gasteiger partial charge in [0.15, 0.2) is 0 Å². The maximum Gasteiger partial charge on any atom is 0.257 e. The van der Waals surface area contributed by atoms with Crippen molar-refractivity contribution in [3.05, 3.63) is 70.9 Å². The average molecular weight is 319 g/mol. The first-order valence-electron chi connectivity index (χ1n) is 7.54. The summed E-state index contributed by atoms with van der Waals surface area (Å²) in [4.78, 5) is 28.3. The van der Waals surface area contributed by atoms with Gasteiger partial charge in [0.25, 0.3) is 5.91 Å². The first-order chi connectivity index (χ1) is 11.5. The van der Waals surface area contributed by atoms with E-state index >= 15 is 0 Å². The SMILES string of the molecule is Cc1nc2ccccc2c(C)c1C(=O)Nc1ccc(C(N)=O)cc1. The van der Waals surface area contributed by atoms with Gasteiger partial charge in [-0.15, -0.1) is 0 Å². The molecule has 0 radical (unpaired) electrons. The van der Waals surface area contributed by atoms with E-state index in [9.17, 15) is 9.59 Å². The number of hydrogen-bond acceptors (Lipinski definition) is 3. The minimum absolute atomic E-state index is 0.227. The predicted octanol–water partition coefficient (Wildman–Crippen LogP) is 3.20. The number of nitrogens with two attached hydrogens (primary N) is 1. The Labute approximate surface area is 139 Å². The highest BCUT2D eigenvalue weighted by atomic mass is 16.2. The zero-order chi connectivity index (χ0) is 17.3. The normalized spacial score (nSPS) is 10.6. The molecular formula is C19H17N3O2. The molecule has 0 spiro atoms. The Morgan fingerprint density at radius 1 is 1.00 bits per heavy atom. The topological polar surface area (TPSA) is 85.1 Å². The third-order valence-corrected chi connectivity index (χ3v) is 3.99. The molecule has 1 heterocycles. The molecule has 0 aliphatic heterocycles. The number of primary amides is 1. The third kappa shape index (κ3) is 2.84. The van der Waals surface area contributed by atoms with Crippen LogP contribution in [0.4, 0.5) is 5.69 Å². The molecule has 0 bridgehead atoms. The van der Waals surface area contributed by atoms with Gasteiger partial charge in [0.2, 0.25) is 5.91 Å².